The van der Waals surface area contributed by atoms with E-state index >= 15 is 0 Å². The second-order valence-corrected chi connectivity index (χ2v) is 8.49. The maximum atomic E-state index is 12.9. The molecule has 3 nitrogen and oxygen atoms in total. The molecule has 0 spiro atoms. The molecule has 1 aromatic rings. The number of aryl methyl sites for hydroxylation is 1. The third-order valence-corrected chi connectivity index (χ3v) is 6.34. The lowest BCUT2D eigenvalue weighted by Gasteiger charge is -2.39. The van der Waals surface area contributed by atoms with E-state index in [1.54, 1.807) is 16.4 Å². The third-order valence-electron chi connectivity index (χ3n) is 4.01. The van der Waals surface area contributed by atoms with Gasteiger partial charge >= 0.3 is 0 Å². The molecule has 0 N–H and O–H groups in total. The van der Waals surface area contributed by atoms with E-state index in [1.165, 1.54) is 0 Å². The number of hydrogen-bond donors (Lipinski definition) is 0. The average molecular weight is 281 g/mol. The van der Waals surface area contributed by atoms with Gasteiger partial charge in [-0.2, -0.15) is 4.31 Å². The number of rotatable bonds is 2. The van der Waals surface area contributed by atoms with E-state index in [9.17, 15) is 8.42 Å². The first-order chi connectivity index (χ1) is 8.57. The molecule has 1 aromatic carbocycles. The first-order valence-electron chi connectivity index (χ1n) is 6.70. The molecule has 0 atom stereocenters. The van der Waals surface area contributed by atoms with Gasteiger partial charge in [-0.15, -0.1) is 0 Å². The van der Waals surface area contributed by atoms with Crippen molar-refractivity contribution in [1.82, 2.24) is 4.31 Å². The van der Waals surface area contributed by atoms with Gasteiger partial charge in [-0.1, -0.05) is 17.7 Å². The topological polar surface area (TPSA) is 37.4 Å². The Morgan fingerprint density at radius 3 is 1.79 bits per heavy atom. The fraction of sp³-hybridized carbons (Fsp3) is 0.600. The Bertz CT molecular complexity index is 555. The summed E-state index contributed by atoms with van der Waals surface area (Å²) in [7, 11) is -3.44. The van der Waals surface area contributed by atoms with Crippen molar-refractivity contribution in [3.63, 3.8) is 0 Å². The summed E-state index contributed by atoms with van der Waals surface area (Å²) >= 11 is 0. The molecule has 1 heterocycles. The summed E-state index contributed by atoms with van der Waals surface area (Å²) in [5.74, 6) is 0. The van der Waals surface area contributed by atoms with Gasteiger partial charge in [0, 0.05) is 11.1 Å². The van der Waals surface area contributed by atoms with Crippen molar-refractivity contribution in [1.29, 1.82) is 0 Å². The molecule has 1 saturated heterocycles. The van der Waals surface area contributed by atoms with E-state index < -0.39 is 10.0 Å². The smallest absolute Gasteiger partial charge is 0.207 e. The molecule has 0 amide bonds. The van der Waals surface area contributed by atoms with E-state index in [0.29, 0.717) is 4.90 Å². The molecule has 1 fully saturated rings. The van der Waals surface area contributed by atoms with Gasteiger partial charge < -0.3 is 0 Å². The Morgan fingerprint density at radius 1 is 0.947 bits per heavy atom. The summed E-state index contributed by atoms with van der Waals surface area (Å²) in [6.45, 7) is 9.99. The van der Waals surface area contributed by atoms with Crippen molar-refractivity contribution in [3.05, 3.63) is 29.8 Å². The molecule has 0 bridgehead atoms. The molecule has 106 valence electrons. The van der Waals surface area contributed by atoms with Crippen LogP contribution in [0, 0.1) is 6.92 Å². The molecule has 0 aromatic heterocycles. The molecule has 0 aliphatic carbocycles. The van der Waals surface area contributed by atoms with Crippen LogP contribution in [0.5, 0.6) is 0 Å². The van der Waals surface area contributed by atoms with Crippen LogP contribution in [0.3, 0.4) is 0 Å². The van der Waals surface area contributed by atoms with Crippen molar-refractivity contribution in [2.24, 2.45) is 0 Å². The minimum Gasteiger partial charge on any atom is -0.207 e. The Balaban J connectivity index is 2.52. The maximum absolute atomic E-state index is 12.9. The molecular weight excluding hydrogens is 258 g/mol. The number of hydrogen-bond acceptors (Lipinski definition) is 2. The number of nitrogens with zero attached hydrogens (tertiary/aromatic N) is 1. The molecule has 4 heteroatoms. The molecule has 1 aliphatic rings. The lowest BCUT2D eigenvalue weighted by atomic mass is 10.0. The summed E-state index contributed by atoms with van der Waals surface area (Å²) < 4.78 is 27.5. The predicted molar refractivity (Wildman–Crippen MR) is 77.6 cm³/mol. The number of sulfonamides is 1. The van der Waals surface area contributed by atoms with Crippen LogP contribution in [-0.4, -0.2) is 23.8 Å². The summed E-state index contributed by atoms with van der Waals surface area (Å²) in [4.78, 5) is 0.390. The largest absolute Gasteiger partial charge is 0.244 e. The van der Waals surface area contributed by atoms with Gasteiger partial charge in [0.2, 0.25) is 10.0 Å². The van der Waals surface area contributed by atoms with Crippen molar-refractivity contribution in [3.8, 4) is 0 Å². The van der Waals surface area contributed by atoms with Crippen molar-refractivity contribution in [2.45, 2.75) is 63.4 Å². The molecule has 2 rings (SSSR count). The lowest BCUT2D eigenvalue weighted by Crippen LogP contribution is -2.51. The highest BCUT2D eigenvalue weighted by Gasteiger charge is 2.51. The zero-order chi connectivity index (χ0) is 14.5. The zero-order valence-corrected chi connectivity index (χ0v) is 13.2. The van der Waals surface area contributed by atoms with Crippen molar-refractivity contribution >= 4 is 10.0 Å². The van der Waals surface area contributed by atoms with Crippen LogP contribution < -0.4 is 0 Å². The molecule has 0 radical (unpaired) electrons. The second kappa shape index (κ2) is 4.32. The summed E-state index contributed by atoms with van der Waals surface area (Å²) in [6, 6.07) is 7.11. The van der Waals surface area contributed by atoms with E-state index in [-0.39, 0.29) is 11.1 Å². The van der Waals surface area contributed by atoms with Crippen LogP contribution in [0.25, 0.3) is 0 Å². The molecule has 1 aliphatic heterocycles. The Morgan fingerprint density at radius 2 is 1.37 bits per heavy atom. The van der Waals surface area contributed by atoms with Gasteiger partial charge in [0.05, 0.1) is 4.90 Å². The fourth-order valence-electron chi connectivity index (χ4n) is 3.10. The Labute approximate surface area is 116 Å². The van der Waals surface area contributed by atoms with Crippen molar-refractivity contribution < 1.29 is 8.42 Å². The molecule has 0 saturated carbocycles. The van der Waals surface area contributed by atoms with Gasteiger partial charge in [-0.3, -0.25) is 0 Å². The van der Waals surface area contributed by atoms with Gasteiger partial charge in [-0.25, -0.2) is 8.42 Å². The lowest BCUT2D eigenvalue weighted by molar-refractivity contribution is 0.190. The Hall–Kier alpha value is -0.870. The van der Waals surface area contributed by atoms with Gasteiger partial charge in [0.25, 0.3) is 0 Å². The van der Waals surface area contributed by atoms with Crippen LogP contribution in [-0.2, 0) is 10.0 Å². The van der Waals surface area contributed by atoms with Gasteiger partial charge in [0.15, 0.2) is 0 Å². The maximum Gasteiger partial charge on any atom is 0.244 e. The van der Waals surface area contributed by atoms with Crippen LogP contribution in [0.1, 0.15) is 46.1 Å². The normalized spacial score (nSPS) is 22.6. The van der Waals surface area contributed by atoms with E-state index in [2.05, 4.69) is 0 Å². The number of benzene rings is 1. The van der Waals surface area contributed by atoms with E-state index in [4.69, 9.17) is 0 Å². The van der Waals surface area contributed by atoms with Crippen LogP contribution in [0.4, 0.5) is 0 Å². The van der Waals surface area contributed by atoms with Crippen LogP contribution in [0.2, 0.25) is 0 Å². The van der Waals surface area contributed by atoms with Crippen LogP contribution >= 0.6 is 0 Å². The van der Waals surface area contributed by atoms with E-state index in [1.807, 2.05) is 46.8 Å². The highest BCUT2D eigenvalue weighted by Crippen LogP contribution is 2.44. The molecular formula is C15H23NO2S. The summed E-state index contributed by atoms with van der Waals surface area (Å²) in [5, 5.41) is 0. The Kier molecular flexibility index (Phi) is 3.30. The highest BCUT2D eigenvalue weighted by molar-refractivity contribution is 7.89. The fourth-order valence-corrected chi connectivity index (χ4v) is 5.28. The predicted octanol–water partition coefficient (Wildman–Crippen LogP) is 3.34. The minimum absolute atomic E-state index is 0.326. The first-order valence-corrected chi connectivity index (χ1v) is 8.14. The first kappa shape index (κ1) is 14.5. The average Bonchev–Trinajstić information content (AvgIpc) is 2.48. The zero-order valence-electron chi connectivity index (χ0n) is 12.4. The third kappa shape index (κ3) is 2.43. The van der Waals surface area contributed by atoms with Gasteiger partial charge in [-0.05, 0) is 59.6 Å². The summed E-state index contributed by atoms with van der Waals surface area (Å²) in [5.41, 5.74) is 0.416. The highest BCUT2D eigenvalue weighted by atomic mass is 32.2. The van der Waals surface area contributed by atoms with E-state index in [0.717, 1.165) is 18.4 Å². The second-order valence-electron chi connectivity index (χ2n) is 6.71. The molecule has 19 heavy (non-hydrogen) atoms. The minimum atomic E-state index is -3.44. The quantitative estimate of drug-likeness (QED) is 0.834. The van der Waals surface area contributed by atoms with Crippen LogP contribution in [0.15, 0.2) is 29.2 Å². The van der Waals surface area contributed by atoms with Gasteiger partial charge in [0.1, 0.15) is 0 Å². The van der Waals surface area contributed by atoms with Crippen molar-refractivity contribution in [2.75, 3.05) is 0 Å². The summed E-state index contributed by atoms with van der Waals surface area (Å²) in [6.07, 6.45) is 1.79. The standard InChI is InChI=1S/C15H23NO2S/c1-12-6-8-13(9-7-12)19(17,18)16-14(2,3)10-11-15(16,4)5/h6-9H,10-11H2,1-5H3. The monoisotopic (exact) mass is 281 g/mol. The molecule has 0 unspecified atom stereocenters. The SMILES string of the molecule is Cc1ccc(S(=O)(=O)N2C(C)(C)CCC2(C)C)cc1.